The normalized spacial score (nSPS) is 11.2. The first kappa shape index (κ1) is 21.6. The Bertz CT molecular complexity index is 955. The number of hydrogen-bond donors (Lipinski definition) is 2. The summed E-state index contributed by atoms with van der Waals surface area (Å²) in [6, 6.07) is 10.3. The second kappa shape index (κ2) is 8.97. The third-order valence-electron chi connectivity index (χ3n) is 3.83. The van der Waals surface area contributed by atoms with E-state index in [4.69, 9.17) is 9.47 Å². The molecule has 2 N–H and O–H groups in total. The average Bonchev–Trinajstić information content (AvgIpc) is 2.60. The molecule has 1 amide bonds. The molecule has 0 aromatic heterocycles. The lowest BCUT2D eigenvalue weighted by Crippen LogP contribution is -2.23. The summed E-state index contributed by atoms with van der Waals surface area (Å²) < 4.78 is 36.2. The first-order valence-electron chi connectivity index (χ1n) is 8.79. The minimum atomic E-state index is -3.37. The molecule has 0 aliphatic rings. The zero-order valence-corrected chi connectivity index (χ0v) is 17.5. The van der Waals surface area contributed by atoms with Crippen molar-refractivity contribution in [3.63, 3.8) is 0 Å². The van der Waals surface area contributed by atoms with Gasteiger partial charge in [-0.2, -0.15) is 0 Å². The highest BCUT2D eigenvalue weighted by Gasteiger charge is 2.11. The number of methoxy groups -OCH3 is 1. The monoisotopic (exact) mass is 406 g/mol. The van der Waals surface area contributed by atoms with Crippen molar-refractivity contribution in [2.24, 2.45) is 0 Å². The summed E-state index contributed by atoms with van der Waals surface area (Å²) in [4.78, 5) is 12.4. The molecule has 0 heterocycles. The van der Waals surface area contributed by atoms with E-state index >= 15 is 0 Å². The van der Waals surface area contributed by atoms with Gasteiger partial charge in [0.25, 0.3) is 5.91 Å². The molecule has 0 radical (unpaired) electrons. The van der Waals surface area contributed by atoms with Gasteiger partial charge >= 0.3 is 0 Å². The Hall–Kier alpha value is -2.74. The fraction of sp³-hybridized carbons (Fsp3) is 0.350. The molecule has 0 saturated carbocycles. The maximum atomic E-state index is 12.4. The summed E-state index contributed by atoms with van der Waals surface area (Å²) in [5.41, 5.74) is 2.43. The third-order valence-corrected chi connectivity index (χ3v) is 4.42. The van der Waals surface area contributed by atoms with Crippen LogP contribution in [0.5, 0.6) is 11.5 Å². The molecule has 0 aliphatic carbocycles. The van der Waals surface area contributed by atoms with Gasteiger partial charge in [-0.1, -0.05) is 6.07 Å². The molecule has 0 bridgehead atoms. The lowest BCUT2D eigenvalue weighted by molar-refractivity contribution is 0.0951. The largest absolute Gasteiger partial charge is 0.493 e. The van der Waals surface area contributed by atoms with Gasteiger partial charge in [0.15, 0.2) is 11.5 Å². The molecule has 8 heteroatoms. The number of amides is 1. The Labute approximate surface area is 166 Å². The Kier molecular flexibility index (Phi) is 6.90. The van der Waals surface area contributed by atoms with E-state index in [-0.39, 0.29) is 12.0 Å². The van der Waals surface area contributed by atoms with Gasteiger partial charge in [0.1, 0.15) is 0 Å². The van der Waals surface area contributed by atoms with E-state index in [1.165, 1.54) is 0 Å². The molecule has 0 fully saturated rings. The zero-order chi connectivity index (χ0) is 20.9. The van der Waals surface area contributed by atoms with Gasteiger partial charge in [0.2, 0.25) is 10.0 Å². The van der Waals surface area contributed by atoms with E-state index in [0.29, 0.717) is 34.9 Å². The van der Waals surface area contributed by atoms with Crippen LogP contribution < -0.4 is 19.5 Å². The highest BCUT2D eigenvalue weighted by Crippen LogP contribution is 2.29. The van der Waals surface area contributed by atoms with Gasteiger partial charge in [-0.15, -0.1) is 0 Å². The molecule has 7 nitrogen and oxygen atoms in total. The van der Waals surface area contributed by atoms with Crippen molar-refractivity contribution < 1.29 is 22.7 Å². The molecule has 28 heavy (non-hydrogen) atoms. The standard InChI is InChI=1S/C20H26N2O5S/c1-13(2)27-18-9-6-15(11-19(18)26-4)12-21-20(23)16-7-8-17(14(3)10-16)22-28(5,24)25/h6-11,13,22H,12H2,1-5H3,(H,21,23). The first-order valence-corrected chi connectivity index (χ1v) is 10.7. The van der Waals surface area contributed by atoms with Crippen LogP contribution in [0, 0.1) is 6.92 Å². The predicted molar refractivity (Wildman–Crippen MR) is 110 cm³/mol. The van der Waals surface area contributed by atoms with E-state index < -0.39 is 10.0 Å². The number of carbonyl (C=O) groups excluding carboxylic acids is 1. The molecule has 0 unspecified atom stereocenters. The Balaban J connectivity index is 2.06. The molecule has 0 aliphatic heterocycles. The number of sulfonamides is 1. The lowest BCUT2D eigenvalue weighted by atomic mass is 10.1. The summed E-state index contributed by atoms with van der Waals surface area (Å²) >= 11 is 0. The first-order chi connectivity index (χ1) is 13.1. The molecule has 2 rings (SSSR count). The van der Waals surface area contributed by atoms with Gasteiger partial charge in [-0.25, -0.2) is 8.42 Å². The van der Waals surface area contributed by atoms with E-state index in [9.17, 15) is 13.2 Å². The van der Waals surface area contributed by atoms with E-state index in [2.05, 4.69) is 10.0 Å². The van der Waals surface area contributed by atoms with Crippen LogP contribution in [0.4, 0.5) is 5.69 Å². The van der Waals surface area contributed by atoms with Crippen LogP contribution in [-0.2, 0) is 16.6 Å². The van der Waals surface area contributed by atoms with Gasteiger partial charge in [-0.3, -0.25) is 9.52 Å². The number of carbonyl (C=O) groups is 1. The smallest absolute Gasteiger partial charge is 0.251 e. The van der Waals surface area contributed by atoms with Crippen molar-refractivity contribution in [1.82, 2.24) is 5.32 Å². The molecule has 0 atom stereocenters. The molecule has 2 aromatic carbocycles. The van der Waals surface area contributed by atoms with Crippen LogP contribution in [0.3, 0.4) is 0 Å². The van der Waals surface area contributed by atoms with Crippen molar-refractivity contribution in [2.75, 3.05) is 18.1 Å². The number of aryl methyl sites for hydroxylation is 1. The number of anilines is 1. The summed E-state index contributed by atoms with van der Waals surface area (Å²) in [6.07, 6.45) is 1.11. The van der Waals surface area contributed by atoms with E-state index in [1.54, 1.807) is 32.2 Å². The van der Waals surface area contributed by atoms with Crippen molar-refractivity contribution in [1.29, 1.82) is 0 Å². The Morgan fingerprint density at radius 3 is 2.39 bits per heavy atom. The molecule has 0 saturated heterocycles. The molecular formula is C20H26N2O5S. The molecular weight excluding hydrogens is 380 g/mol. The van der Waals surface area contributed by atoms with Crippen molar-refractivity contribution in [3.05, 3.63) is 53.1 Å². The van der Waals surface area contributed by atoms with Crippen molar-refractivity contribution in [2.45, 2.75) is 33.4 Å². The minimum absolute atomic E-state index is 0.0304. The van der Waals surface area contributed by atoms with Gasteiger partial charge in [0, 0.05) is 12.1 Å². The van der Waals surface area contributed by atoms with Crippen LogP contribution >= 0.6 is 0 Å². The Morgan fingerprint density at radius 2 is 1.82 bits per heavy atom. The molecule has 2 aromatic rings. The maximum absolute atomic E-state index is 12.4. The van der Waals surface area contributed by atoms with Crippen LogP contribution in [0.2, 0.25) is 0 Å². The summed E-state index contributed by atoms with van der Waals surface area (Å²) in [6.45, 7) is 5.93. The fourth-order valence-electron chi connectivity index (χ4n) is 2.58. The summed E-state index contributed by atoms with van der Waals surface area (Å²) in [5, 5.41) is 2.85. The minimum Gasteiger partial charge on any atom is -0.493 e. The van der Waals surface area contributed by atoms with Crippen LogP contribution in [-0.4, -0.2) is 33.8 Å². The summed E-state index contributed by atoms with van der Waals surface area (Å²) in [5.74, 6) is 1.00. The third kappa shape index (κ3) is 6.16. The highest BCUT2D eigenvalue weighted by atomic mass is 32.2. The number of nitrogens with one attached hydrogen (secondary N) is 2. The second-order valence-electron chi connectivity index (χ2n) is 6.74. The van der Waals surface area contributed by atoms with E-state index in [0.717, 1.165) is 11.8 Å². The summed E-state index contributed by atoms with van der Waals surface area (Å²) in [7, 11) is -1.80. The lowest BCUT2D eigenvalue weighted by Gasteiger charge is -2.15. The maximum Gasteiger partial charge on any atom is 0.251 e. The van der Waals surface area contributed by atoms with Gasteiger partial charge < -0.3 is 14.8 Å². The number of benzene rings is 2. The Morgan fingerprint density at radius 1 is 1.11 bits per heavy atom. The second-order valence-corrected chi connectivity index (χ2v) is 8.49. The quantitative estimate of drug-likeness (QED) is 0.703. The van der Waals surface area contributed by atoms with Gasteiger partial charge in [-0.05, 0) is 62.2 Å². The number of hydrogen-bond acceptors (Lipinski definition) is 5. The molecule has 0 spiro atoms. The number of rotatable bonds is 8. The van der Waals surface area contributed by atoms with Crippen molar-refractivity contribution >= 4 is 21.6 Å². The fourth-order valence-corrected chi connectivity index (χ4v) is 3.21. The van der Waals surface area contributed by atoms with E-state index in [1.807, 2.05) is 32.0 Å². The average molecular weight is 407 g/mol. The van der Waals surface area contributed by atoms with Crippen molar-refractivity contribution in [3.8, 4) is 11.5 Å². The van der Waals surface area contributed by atoms with Crippen LogP contribution in [0.1, 0.15) is 35.3 Å². The predicted octanol–water partition coefficient (Wildman–Crippen LogP) is 3.09. The zero-order valence-electron chi connectivity index (χ0n) is 16.7. The van der Waals surface area contributed by atoms with Crippen LogP contribution in [0.15, 0.2) is 36.4 Å². The number of ether oxygens (including phenoxy) is 2. The SMILES string of the molecule is COc1cc(CNC(=O)c2ccc(NS(C)(=O)=O)c(C)c2)ccc1OC(C)C. The molecule has 152 valence electrons. The highest BCUT2D eigenvalue weighted by molar-refractivity contribution is 7.92. The van der Waals surface area contributed by atoms with Crippen LogP contribution in [0.25, 0.3) is 0 Å². The van der Waals surface area contributed by atoms with Gasteiger partial charge in [0.05, 0.1) is 25.2 Å². The topological polar surface area (TPSA) is 93.7 Å².